The van der Waals surface area contributed by atoms with E-state index >= 15 is 0 Å². The number of thiazole rings is 1. The Morgan fingerprint density at radius 1 is 1.09 bits per heavy atom. The van der Waals surface area contributed by atoms with Crippen molar-refractivity contribution >= 4 is 22.4 Å². The number of carbonyl (C=O) groups excluding carboxylic acids is 1. The lowest BCUT2D eigenvalue weighted by Gasteiger charge is -2.11. The Labute approximate surface area is 198 Å². The van der Waals surface area contributed by atoms with Crippen LogP contribution in [-0.2, 0) is 22.6 Å². The van der Waals surface area contributed by atoms with E-state index in [1.54, 1.807) is 6.20 Å². The van der Waals surface area contributed by atoms with Crippen molar-refractivity contribution in [1.29, 1.82) is 0 Å². The smallest absolute Gasteiger partial charge is 0.335 e. The second kappa shape index (κ2) is 10.3. The lowest BCUT2D eigenvalue weighted by atomic mass is 10.1. The molecule has 0 saturated heterocycles. The van der Waals surface area contributed by atoms with Gasteiger partial charge in [-0.1, -0.05) is 71.5 Å². The van der Waals surface area contributed by atoms with Crippen LogP contribution in [0.5, 0.6) is 0 Å². The predicted octanol–water partition coefficient (Wildman–Crippen LogP) is 2.61. The van der Waals surface area contributed by atoms with E-state index in [2.05, 4.69) is 19.7 Å². The molecule has 4 aromatic rings. The maximum atomic E-state index is 13.3. The second-order valence-corrected chi connectivity index (χ2v) is 8.58. The third-order valence-corrected chi connectivity index (χ3v) is 6.10. The molecule has 34 heavy (non-hydrogen) atoms. The predicted molar refractivity (Wildman–Crippen MR) is 129 cm³/mol. The first-order valence-electron chi connectivity index (χ1n) is 10.6. The first kappa shape index (κ1) is 23.1. The zero-order chi connectivity index (χ0) is 24.1. The number of aromatic nitrogens is 4. The van der Waals surface area contributed by atoms with Crippen LogP contribution in [0.4, 0.5) is 5.13 Å². The number of hydrogen-bond acceptors (Lipinski definition) is 7. The molecule has 1 N–H and O–H groups in total. The first-order valence-corrected chi connectivity index (χ1v) is 11.4. The van der Waals surface area contributed by atoms with E-state index in [0.717, 1.165) is 26.1 Å². The minimum atomic E-state index is -0.660. The first-order chi connectivity index (χ1) is 16.4. The molecular weight excluding hydrogens is 454 g/mol. The van der Waals surface area contributed by atoms with Crippen LogP contribution in [0.2, 0.25) is 0 Å². The second-order valence-electron chi connectivity index (χ2n) is 7.57. The minimum absolute atomic E-state index is 0.0823. The molecular formula is C24H23N5O4S. The van der Waals surface area contributed by atoms with Crippen LogP contribution in [0.1, 0.15) is 17.5 Å². The molecule has 0 spiro atoms. The summed E-state index contributed by atoms with van der Waals surface area (Å²) in [5, 5.41) is 0.402. The summed E-state index contributed by atoms with van der Waals surface area (Å²) in [5.41, 5.74) is 1.80. The van der Waals surface area contributed by atoms with Crippen LogP contribution in [-0.4, -0.2) is 32.2 Å². The normalized spacial score (nSPS) is 11.5. The fourth-order valence-electron chi connectivity index (χ4n) is 3.31. The van der Waals surface area contributed by atoms with Crippen molar-refractivity contribution in [3.05, 3.63) is 98.5 Å². The van der Waals surface area contributed by atoms with Crippen molar-refractivity contribution < 1.29 is 9.53 Å². The van der Waals surface area contributed by atoms with E-state index in [1.807, 2.05) is 61.5 Å². The number of hydrogen-bond donors (Lipinski definition) is 1. The molecule has 2 aromatic carbocycles. The van der Waals surface area contributed by atoms with Crippen LogP contribution in [0.25, 0.3) is 10.4 Å². The van der Waals surface area contributed by atoms with Gasteiger partial charge in [-0.25, -0.2) is 19.1 Å². The number of rotatable bonds is 7. The van der Waals surface area contributed by atoms with Crippen LogP contribution in [0, 0.1) is 6.92 Å². The molecule has 0 atom stereocenters. The summed E-state index contributed by atoms with van der Waals surface area (Å²) in [6, 6.07) is 17.5. The highest BCUT2D eigenvalue weighted by molar-refractivity contribution is 7.18. The molecule has 0 saturated carbocycles. The van der Waals surface area contributed by atoms with E-state index in [0.29, 0.717) is 5.13 Å². The van der Waals surface area contributed by atoms with Crippen molar-refractivity contribution in [2.75, 3.05) is 7.11 Å². The lowest BCUT2D eigenvalue weighted by molar-refractivity contribution is -0.140. The number of ether oxygens (including phenoxy) is 1. The molecule has 0 amide bonds. The van der Waals surface area contributed by atoms with Gasteiger partial charge in [-0.15, -0.1) is 0 Å². The third-order valence-electron chi connectivity index (χ3n) is 5.16. The van der Waals surface area contributed by atoms with Gasteiger partial charge in [-0.3, -0.25) is 14.3 Å². The number of aryl methyl sites for hydroxylation is 1. The van der Waals surface area contributed by atoms with Crippen molar-refractivity contribution in [3.8, 4) is 10.4 Å². The Morgan fingerprint density at radius 3 is 2.53 bits per heavy atom. The van der Waals surface area contributed by atoms with Gasteiger partial charge in [0, 0.05) is 12.7 Å². The van der Waals surface area contributed by atoms with Crippen LogP contribution in [0.15, 0.2) is 75.4 Å². The Balaban J connectivity index is 1.80. The molecule has 10 heteroatoms. The molecule has 174 valence electrons. The summed E-state index contributed by atoms with van der Waals surface area (Å²) in [6.45, 7) is 2.05. The highest BCUT2D eigenvalue weighted by Gasteiger charge is 2.12. The van der Waals surface area contributed by atoms with Gasteiger partial charge in [-0.05, 0) is 18.1 Å². The maximum absolute atomic E-state index is 13.3. The summed E-state index contributed by atoms with van der Waals surface area (Å²) in [6.07, 6.45) is 1.60. The van der Waals surface area contributed by atoms with Gasteiger partial charge in [0.05, 0.1) is 25.0 Å². The fraction of sp³-hybridized carbons (Fsp3) is 0.208. The summed E-state index contributed by atoms with van der Waals surface area (Å²) in [7, 11) is 1.26. The number of esters is 1. The number of H-pyrrole nitrogens is 1. The number of nitrogens with one attached hydrogen (secondary N) is 1. The van der Waals surface area contributed by atoms with E-state index in [1.165, 1.54) is 23.0 Å². The maximum Gasteiger partial charge on any atom is 0.335 e. The van der Waals surface area contributed by atoms with Crippen molar-refractivity contribution in [2.24, 2.45) is 4.99 Å². The molecule has 9 nitrogen and oxygen atoms in total. The number of nitrogens with zero attached hydrogens (tertiary/aromatic N) is 4. The van der Waals surface area contributed by atoms with Crippen LogP contribution >= 0.6 is 11.3 Å². The zero-order valence-electron chi connectivity index (χ0n) is 18.7. The van der Waals surface area contributed by atoms with Crippen molar-refractivity contribution in [1.82, 2.24) is 19.1 Å². The molecule has 0 aliphatic carbocycles. The number of aromatic amines is 1. The van der Waals surface area contributed by atoms with Gasteiger partial charge in [0.25, 0.3) is 0 Å². The molecule has 2 heterocycles. The Kier molecular flexibility index (Phi) is 6.98. The van der Waals surface area contributed by atoms with Crippen molar-refractivity contribution in [3.63, 3.8) is 0 Å². The Morgan fingerprint density at radius 2 is 1.82 bits per heavy atom. The SMILES string of the molecule is COC(=O)CCn1c(=O)[nH]/c(=N\c2ncc(-c3ccccc3)s2)n(Cc2ccc(C)cc2)c1=O. The van der Waals surface area contributed by atoms with Gasteiger partial charge in [0.2, 0.25) is 10.7 Å². The number of benzene rings is 2. The standard InChI is InChI=1S/C24H23N5O4S/c1-16-8-10-17(11-9-16)15-29-21(27-23(31)28(24(29)32)13-12-20(30)33-2)26-22-25-14-19(34-22)18-6-4-3-5-7-18/h3-11,14H,12-13,15H2,1-2H3,(H,25,26,27,31). The Bertz CT molecular complexity index is 1480. The minimum Gasteiger partial charge on any atom is -0.469 e. The third kappa shape index (κ3) is 5.29. The monoisotopic (exact) mass is 477 g/mol. The topological polar surface area (TPSA) is 111 Å². The summed E-state index contributed by atoms with van der Waals surface area (Å²) < 4.78 is 6.97. The van der Waals surface area contributed by atoms with Crippen LogP contribution < -0.4 is 17.0 Å². The molecule has 0 unspecified atom stereocenters. The van der Waals surface area contributed by atoms with E-state index in [9.17, 15) is 14.4 Å². The quantitative estimate of drug-likeness (QED) is 0.411. The van der Waals surface area contributed by atoms with E-state index in [-0.39, 0.29) is 25.1 Å². The van der Waals surface area contributed by atoms with Gasteiger partial charge < -0.3 is 4.74 Å². The van der Waals surface area contributed by atoms with Gasteiger partial charge in [0.15, 0.2) is 0 Å². The molecule has 0 bridgehead atoms. The largest absolute Gasteiger partial charge is 0.469 e. The van der Waals surface area contributed by atoms with Crippen molar-refractivity contribution in [2.45, 2.75) is 26.4 Å². The average molecular weight is 478 g/mol. The highest BCUT2D eigenvalue weighted by atomic mass is 32.1. The van der Waals surface area contributed by atoms with E-state index < -0.39 is 17.3 Å². The molecule has 0 aliphatic rings. The molecule has 0 aliphatic heterocycles. The summed E-state index contributed by atoms with van der Waals surface area (Å²) in [4.78, 5) is 50.0. The van der Waals surface area contributed by atoms with Gasteiger partial charge in [0.1, 0.15) is 0 Å². The Hall–Kier alpha value is -4.05. The molecule has 2 aromatic heterocycles. The summed E-state index contributed by atoms with van der Waals surface area (Å²) >= 11 is 1.35. The van der Waals surface area contributed by atoms with E-state index in [4.69, 9.17) is 0 Å². The lowest BCUT2D eigenvalue weighted by Crippen LogP contribution is -2.50. The van der Waals surface area contributed by atoms with Gasteiger partial charge >= 0.3 is 17.3 Å². The molecule has 0 fully saturated rings. The molecule has 4 rings (SSSR count). The zero-order valence-corrected chi connectivity index (χ0v) is 19.5. The number of carbonyl (C=O) groups is 1. The molecule has 0 radical (unpaired) electrons. The highest BCUT2D eigenvalue weighted by Crippen LogP contribution is 2.29. The average Bonchev–Trinajstić information content (AvgIpc) is 3.31. The number of methoxy groups -OCH3 is 1. The van der Waals surface area contributed by atoms with Crippen LogP contribution in [0.3, 0.4) is 0 Å². The summed E-state index contributed by atoms with van der Waals surface area (Å²) in [5.74, 6) is -0.513. The van der Waals surface area contributed by atoms with Gasteiger partial charge in [-0.2, -0.15) is 4.99 Å². The fourth-order valence-corrected chi connectivity index (χ4v) is 4.10.